The number of amides is 1. The number of carbonyl (C=O) groups excluding carboxylic acids is 1. The first-order chi connectivity index (χ1) is 16.0. The van der Waals surface area contributed by atoms with E-state index in [2.05, 4.69) is 30.9 Å². The third-order valence-corrected chi connectivity index (χ3v) is 7.94. The molecule has 3 aromatic rings. The molecule has 2 heterocycles. The summed E-state index contributed by atoms with van der Waals surface area (Å²) in [6.07, 6.45) is 0.910. The molecule has 0 spiro atoms. The predicted octanol–water partition coefficient (Wildman–Crippen LogP) is 4.77. The molecule has 6 nitrogen and oxygen atoms in total. The van der Waals surface area contributed by atoms with Crippen LogP contribution in [0.1, 0.15) is 17.5 Å². The lowest BCUT2D eigenvalue weighted by molar-refractivity contribution is -0.116. The largest absolute Gasteiger partial charge is 0.497 e. The number of rotatable bonds is 9. The van der Waals surface area contributed by atoms with E-state index in [4.69, 9.17) is 14.5 Å². The molecule has 0 N–H and O–H groups in total. The zero-order valence-electron chi connectivity index (χ0n) is 19.5. The summed E-state index contributed by atoms with van der Waals surface area (Å²) in [4.78, 5) is 23.5. The normalized spacial score (nSPS) is 14.5. The average molecular weight is 486 g/mol. The van der Waals surface area contributed by atoms with Crippen LogP contribution in [-0.2, 0) is 9.53 Å². The zero-order valence-corrected chi connectivity index (χ0v) is 21.1. The summed E-state index contributed by atoms with van der Waals surface area (Å²) in [6.45, 7) is 9.34. The highest BCUT2D eigenvalue weighted by molar-refractivity contribution is 8.00. The average Bonchev–Trinajstić information content (AvgIpc) is 3.23. The van der Waals surface area contributed by atoms with E-state index >= 15 is 0 Å². The number of nitrogens with zero attached hydrogens (tertiary/aromatic N) is 3. The topological polar surface area (TPSA) is 54.9 Å². The quantitative estimate of drug-likeness (QED) is 0.407. The second-order valence-corrected chi connectivity index (χ2v) is 10.3. The molecule has 1 aromatic heterocycles. The monoisotopic (exact) mass is 485 g/mol. The van der Waals surface area contributed by atoms with Gasteiger partial charge in [-0.1, -0.05) is 11.3 Å². The van der Waals surface area contributed by atoms with Crippen molar-refractivity contribution < 1.29 is 14.3 Å². The van der Waals surface area contributed by atoms with Gasteiger partial charge in [-0.25, -0.2) is 4.98 Å². The molecule has 1 amide bonds. The van der Waals surface area contributed by atoms with Gasteiger partial charge in [0.2, 0.25) is 5.91 Å². The number of aromatic nitrogens is 1. The number of anilines is 1. The number of hydrogen-bond acceptors (Lipinski definition) is 7. The van der Waals surface area contributed by atoms with E-state index in [0.29, 0.717) is 12.3 Å². The first kappa shape index (κ1) is 24.0. The molecule has 1 fully saturated rings. The van der Waals surface area contributed by atoms with Crippen LogP contribution >= 0.6 is 23.1 Å². The Kier molecular flexibility index (Phi) is 8.25. The summed E-state index contributed by atoms with van der Waals surface area (Å²) in [5, 5.41) is 0.789. The lowest BCUT2D eigenvalue weighted by Gasteiger charge is -2.27. The molecule has 1 aliphatic rings. The van der Waals surface area contributed by atoms with Crippen LogP contribution in [-0.4, -0.2) is 68.0 Å². The van der Waals surface area contributed by atoms with Crippen molar-refractivity contribution in [2.75, 3.05) is 57.2 Å². The van der Waals surface area contributed by atoms with Crippen molar-refractivity contribution in [2.24, 2.45) is 0 Å². The number of fused-ring (bicyclic) bond motifs is 1. The standard InChI is InChI=1S/C25H31N3O3S2/c1-18-15-22-23(16-19(18)2)33-25(26-22)28(10-4-9-27-11-13-31-14-12-27)24(29)17-32-21-7-5-20(30-3)6-8-21/h5-8,15-16H,4,9-14,17H2,1-3H3. The fourth-order valence-corrected chi connectivity index (χ4v) is 5.65. The first-order valence-corrected chi connectivity index (χ1v) is 13.1. The van der Waals surface area contributed by atoms with Crippen molar-refractivity contribution >= 4 is 44.4 Å². The van der Waals surface area contributed by atoms with E-state index in [-0.39, 0.29) is 5.91 Å². The number of benzene rings is 2. The van der Waals surface area contributed by atoms with Gasteiger partial charge in [0.05, 0.1) is 36.3 Å². The molecule has 1 saturated heterocycles. The van der Waals surface area contributed by atoms with Crippen LogP contribution in [0.3, 0.4) is 0 Å². The van der Waals surface area contributed by atoms with Crippen LogP contribution in [0.2, 0.25) is 0 Å². The van der Waals surface area contributed by atoms with Crippen molar-refractivity contribution in [2.45, 2.75) is 25.2 Å². The molecule has 176 valence electrons. The van der Waals surface area contributed by atoms with Gasteiger partial charge in [-0.3, -0.25) is 14.6 Å². The van der Waals surface area contributed by atoms with Crippen molar-refractivity contribution in [1.82, 2.24) is 9.88 Å². The van der Waals surface area contributed by atoms with E-state index in [1.165, 1.54) is 11.1 Å². The van der Waals surface area contributed by atoms with E-state index in [1.807, 2.05) is 29.2 Å². The van der Waals surface area contributed by atoms with E-state index in [1.54, 1.807) is 30.2 Å². The number of methoxy groups -OCH3 is 1. The summed E-state index contributed by atoms with van der Waals surface area (Å²) in [5.41, 5.74) is 3.43. The van der Waals surface area contributed by atoms with Gasteiger partial charge in [0.1, 0.15) is 5.75 Å². The molecule has 0 atom stereocenters. The molecule has 0 unspecified atom stereocenters. The number of morpholine rings is 1. The number of ether oxygens (including phenoxy) is 2. The van der Waals surface area contributed by atoms with E-state index in [9.17, 15) is 4.79 Å². The summed E-state index contributed by atoms with van der Waals surface area (Å²) >= 11 is 3.15. The highest BCUT2D eigenvalue weighted by atomic mass is 32.2. The van der Waals surface area contributed by atoms with Crippen molar-refractivity contribution in [1.29, 1.82) is 0 Å². The number of hydrogen-bond donors (Lipinski definition) is 0. The maximum Gasteiger partial charge on any atom is 0.239 e. The van der Waals surface area contributed by atoms with Crippen LogP contribution in [0.25, 0.3) is 10.2 Å². The van der Waals surface area contributed by atoms with Gasteiger partial charge in [-0.15, -0.1) is 11.8 Å². The minimum absolute atomic E-state index is 0.0882. The van der Waals surface area contributed by atoms with Crippen LogP contribution in [0, 0.1) is 13.8 Å². The molecule has 33 heavy (non-hydrogen) atoms. The van der Waals surface area contributed by atoms with Gasteiger partial charge in [0.15, 0.2) is 5.13 Å². The number of aryl methyl sites for hydroxylation is 2. The molecule has 0 bridgehead atoms. The number of thioether (sulfide) groups is 1. The Morgan fingerprint density at radius 1 is 1.18 bits per heavy atom. The van der Waals surface area contributed by atoms with Crippen molar-refractivity contribution in [3.05, 3.63) is 47.5 Å². The Balaban J connectivity index is 1.47. The fraction of sp³-hybridized carbons (Fsp3) is 0.440. The second kappa shape index (κ2) is 11.3. The summed E-state index contributed by atoms with van der Waals surface area (Å²) in [5.74, 6) is 1.28. The van der Waals surface area contributed by atoms with Crippen LogP contribution in [0.15, 0.2) is 41.3 Å². The number of carbonyl (C=O) groups is 1. The summed E-state index contributed by atoms with van der Waals surface area (Å²) in [6, 6.07) is 12.1. The molecule has 2 aromatic carbocycles. The van der Waals surface area contributed by atoms with Gasteiger partial charge in [-0.2, -0.15) is 0 Å². The lowest BCUT2D eigenvalue weighted by Crippen LogP contribution is -2.39. The van der Waals surface area contributed by atoms with Crippen LogP contribution in [0.5, 0.6) is 5.75 Å². The second-order valence-electron chi connectivity index (χ2n) is 8.22. The lowest BCUT2D eigenvalue weighted by atomic mass is 10.1. The maximum absolute atomic E-state index is 13.3. The molecule has 0 radical (unpaired) electrons. The maximum atomic E-state index is 13.3. The highest BCUT2D eigenvalue weighted by Gasteiger charge is 2.21. The minimum atomic E-state index is 0.0882. The van der Waals surface area contributed by atoms with Gasteiger partial charge in [0.25, 0.3) is 0 Å². The molecular formula is C25H31N3O3S2. The molecule has 0 saturated carbocycles. The Morgan fingerprint density at radius 3 is 2.64 bits per heavy atom. The molecular weight excluding hydrogens is 454 g/mol. The SMILES string of the molecule is COc1ccc(SCC(=O)N(CCCN2CCOCC2)c2nc3cc(C)c(C)cc3s2)cc1. The van der Waals surface area contributed by atoms with Crippen molar-refractivity contribution in [3.8, 4) is 5.75 Å². The Labute approximate surface area is 203 Å². The van der Waals surface area contributed by atoms with E-state index in [0.717, 1.165) is 65.3 Å². The molecule has 0 aliphatic carbocycles. The van der Waals surface area contributed by atoms with Gasteiger partial charge >= 0.3 is 0 Å². The smallest absolute Gasteiger partial charge is 0.239 e. The predicted molar refractivity (Wildman–Crippen MR) is 137 cm³/mol. The molecule has 1 aliphatic heterocycles. The van der Waals surface area contributed by atoms with Crippen LogP contribution < -0.4 is 9.64 Å². The zero-order chi connectivity index (χ0) is 23.2. The summed E-state index contributed by atoms with van der Waals surface area (Å²) < 4.78 is 11.8. The fourth-order valence-electron chi connectivity index (χ4n) is 3.78. The van der Waals surface area contributed by atoms with E-state index < -0.39 is 0 Å². The summed E-state index contributed by atoms with van der Waals surface area (Å²) in [7, 11) is 1.65. The Bertz CT molecular complexity index is 1040. The van der Waals surface area contributed by atoms with Crippen LogP contribution in [0.4, 0.5) is 5.13 Å². The van der Waals surface area contributed by atoms with Gasteiger partial charge in [-0.05, 0) is 67.8 Å². The third-order valence-electron chi connectivity index (χ3n) is 5.91. The van der Waals surface area contributed by atoms with Gasteiger partial charge in [0, 0.05) is 31.1 Å². The highest BCUT2D eigenvalue weighted by Crippen LogP contribution is 2.32. The first-order valence-electron chi connectivity index (χ1n) is 11.3. The Morgan fingerprint density at radius 2 is 1.91 bits per heavy atom. The Hall–Kier alpha value is -2.13. The molecule has 8 heteroatoms. The minimum Gasteiger partial charge on any atom is -0.497 e. The molecule has 4 rings (SSSR count). The van der Waals surface area contributed by atoms with Crippen molar-refractivity contribution in [3.63, 3.8) is 0 Å². The third kappa shape index (κ3) is 6.26. The van der Waals surface area contributed by atoms with Gasteiger partial charge < -0.3 is 9.47 Å². The number of thiazole rings is 1.